The van der Waals surface area contributed by atoms with Gasteiger partial charge in [-0.3, -0.25) is 15.0 Å². The first kappa shape index (κ1) is 21.5. The first-order chi connectivity index (χ1) is 13.7. The summed E-state index contributed by atoms with van der Waals surface area (Å²) in [6.45, 7) is 3.30. The molecule has 0 bridgehead atoms. The van der Waals surface area contributed by atoms with E-state index in [4.69, 9.17) is 11.6 Å². The molecule has 9 heteroatoms. The Balaban J connectivity index is 1.56. The monoisotopic (exact) mass is 437 g/mol. The lowest BCUT2D eigenvalue weighted by atomic mass is 9.96. The van der Waals surface area contributed by atoms with E-state index in [2.05, 4.69) is 10.2 Å². The molecule has 0 saturated carbocycles. The molecule has 1 aliphatic heterocycles. The lowest BCUT2D eigenvalue weighted by Crippen LogP contribution is -2.35. The van der Waals surface area contributed by atoms with Gasteiger partial charge in [0.15, 0.2) is 9.84 Å². The summed E-state index contributed by atoms with van der Waals surface area (Å²) in [7, 11) is -3.49. The minimum Gasteiger partial charge on any atom is -0.379 e. The first-order valence-corrected chi connectivity index (χ1v) is 11.7. The predicted molar refractivity (Wildman–Crippen MR) is 114 cm³/mol. The average molecular weight is 438 g/mol. The number of nitro benzene ring substituents is 1. The van der Waals surface area contributed by atoms with Crippen LogP contribution >= 0.6 is 11.6 Å². The summed E-state index contributed by atoms with van der Waals surface area (Å²) in [5.41, 5.74) is 1.25. The smallest absolute Gasteiger partial charge is 0.293 e. The molecule has 1 fully saturated rings. The highest BCUT2D eigenvalue weighted by Gasteiger charge is 2.22. The fourth-order valence-corrected chi connectivity index (χ4v) is 4.35. The molecule has 1 heterocycles. The number of hydrogen-bond donors (Lipinski definition) is 1. The van der Waals surface area contributed by atoms with Gasteiger partial charge in [-0.25, -0.2) is 8.42 Å². The molecule has 2 aromatic carbocycles. The molecule has 0 amide bonds. The number of sulfone groups is 1. The van der Waals surface area contributed by atoms with Gasteiger partial charge in [-0.1, -0.05) is 29.8 Å². The lowest BCUT2D eigenvalue weighted by molar-refractivity contribution is -0.384. The molecule has 1 saturated heterocycles. The van der Waals surface area contributed by atoms with Crippen LogP contribution in [0.25, 0.3) is 0 Å². The fourth-order valence-electron chi connectivity index (χ4n) is 3.51. The SMILES string of the molecule is CS(=O)(=O)c1ccc(NCC2CCN(Cc3ccccc3Cl)CC2)c([N+](=O)[O-])c1. The number of rotatable bonds is 7. The Labute approximate surface area is 175 Å². The highest BCUT2D eigenvalue weighted by molar-refractivity contribution is 7.90. The number of piperidine rings is 1. The molecule has 29 heavy (non-hydrogen) atoms. The van der Waals surface area contributed by atoms with E-state index in [1.165, 1.54) is 12.1 Å². The topological polar surface area (TPSA) is 92.6 Å². The molecule has 0 atom stereocenters. The van der Waals surface area contributed by atoms with Gasteiger partial charge in [-0.05, 0) is 55.6 Å². The van der Waals surface area contributed by atoms with Gasteiger partial charge in [0.05, 0.1) is 9.82 Å². The van der Waals surface area contributed by atoms with Crippen LogP contribution in [0.5, 0.6) is 0 Å². The largest absolute Gasteiger partial charge is 0.379 e. The van der Waals surface area contributed by atoms with Crippen molar-refractivity contribution in [1.29, 1.82) is 0 Å². The second-order valence-corrected chi connectivity index (χ2v) is 9.82. The second-order valence-electron chi connectivity index (χ2n) is 7.40. The van der Waals surface area contributed by atoms with E-state index < -0.39 is 14.8 Å². The van der Waals surface area contributed by atoms with Crippen LogP contribution in [0.15, 0.2) is 47.4 Å². The van der Waals surface area contributed by atoms with Crippen LogP contribution in [0.3, 0.4) is 0 Å². The van der Waals surface area contributed by atoms with Crippen LogP contribution in [-0.4, -0.2) is 44.1 Å². The number of likely N-dealkylation sites (tertiary alicyclic amines) is 1. The van der Waals surface area contributed by atoms with Crippen molar-refractivity contribution >= 4 is 32.8 Å². The second kappa shape index (κ2) is 9.11. The van der Waals surface area contributed by atoms with Gasteiger partial charge in [0, 0.05) is 30.4 Å². The van der Waals surface area contributed by atoms with E-state index in [1.807, 2.05) is 24.3 Å². The van der Waals surface area contributed by atoms with Crippen molar-refractivity contribution in [2.24, 2.45) is 5.92 Å². The molecule has 0 aromatic heterocycles. The zero-order valence-corrected chi connectivity index (χ0v) is 17.7. The molecule has 1 N–H and O–H groups in total. The van der Waals surface area contributed by atoms with Gasteiger partial charge in [-0.2, -0.15) is 0 Å². The van der Waals surface area contributed by atoms with Crippen LogP contribution in [-0.2, 0) is 16.4 Å². The third kappa shape index (κ3) is 5.68. The van der Waals surface area contributed by atoms with Gasteiger partial charge < -0.3 is 5.32 Å². The summed E-state index contributed by atoms with van der Waals surface area (Å²) in [5, 5.41) is 15.3. The van der Waals surface area contributed by atoms with E-state index >= 15 is 0 Å². The van der Waals surface area contributed by atoms with Gasteiger partial charge >= 0.3 is 0 Å². The molecule has 0 aliphatic carbocycles. The maximum Gasteiger partial charge on any atom is 0.293 e. The molecule has 2 aromatic rings. The summed E-state index contributed by atoms with van der Waals surface area (Å²) in [6.07, 6.45) is 2.99. The third-order valence-corrected chi connectivity index (χ3v) is 6.71. The fraction of sp³-hybridized carbons (Fsp3) is 0.400. The molecular weight excluding hydrogens is 414 g/mol. The molecule has 3 rings (SSSR count). The lowest BCUT2D eigenvalue weighted by Gasteiger charge is -2.32. The van der Waals surface area contributed by atoms with Crippen LogP contribution in [0.2, 0.25) is 5.02 Å². The van der Waals surface area contributed by atoms with E-state index in [9.17, 15) is 18.5 Å². The van der Waals surface area contributed by atoms with Crippen LogP contribution < -0.4 is 5.32 Å². The van der Waals surface area contributed by atoms with Crippen LogP contribution in [0.1, 0.15) is 18.4 Å². The summed E-state index contributed by atoms with van der Waals surface area (Å²) >= 11 is 6.24. The third-order valence-electron chi connectivity index (χ3n) is 5.23. The Bertz CT molecular complexity index is 989. The molecule has 1 aliphatic rings. The van der Waals surface area contributed by atoms with Crippen molar-refractivity contribution in [2.45, 2.75) is 24.3 Å². The Morgan fingerprint density at radius 3 is 2.52 bits per heavy atom. The van der Waals surface area contributed by atoms with E-state index in [-0.39, 0.29) is 10.6 Å². The zero-order valence-electron chi connectivity index (χ0n) is 16.2. The van der Waals surface area contributed by atoms with Crippen molar-refractivity contribution in [2.75, 3.05) is 31.2 Å². The molecule has 156 valence electrons. The van der Waals surface area contributed by atoms with Crippen molar-refractivity contribution in [1.82, 2.24) is 4.90 Å². The standard InChI is InChI=1S/C20H24ClN3O4S/c1-29(27,28)17-6-7-19(20(12-17)24(25)26)22-13-15-8-10-23(11-9-15)14-16-4-2-3-5-18(16)21/h2-7,12,15,22H,8-11,13-14H2,1H3. The normalized spacial score (nSPS) is 15.9. The summed E-state index contributed by atoms with van der Waals surface area (Å²) in [5.74, 6) is 0.395. The minimum absolute atomic E-state index is 0.0531. The van der Waals surface area contributed by atoms with E-state index in [0.717, 1.165) is 55.4 Å². The minimum atomic E-state index is -3.49. The van der Waals surface area contributed by atoms with Crippen molar-refractivity contribution in [3.8, 4) is 0 Å². The Morgan fingerprint density at radius 1 is 1.21 bits per heavy atom. The number of benzene rings is 2. The molecule has 0 radical (unpaired) electrons. The van der Waals surface area contributed by atoms with Crippen LogP contribution in [0.4, 0.5) is 11.4 Å². The quantitative estimate of drug-likeness (QED) is 0.520. The Kier molecular flexibility index (Phi) is 6.77. The van der Waals surface area contributed by atoms with Crippen molar-refractivity contribution in [3.05, 3.63) is 63.2 Å². The summed E-state index contributed by atoms with van der Waals surface area (Å²) in [6, 6.07) is 11.8. The summed E-state index contributed by atoms with van der Waals surface area (Å²) < 4.78 is 23.3. The Morgan fingerprint density at radius 2 is 1.90 bits per heavy atom. The van der Waals surface area contributed by atoms with E-state index in [0.29, 0.717) is 18.2 Å². The maximum atomic E-state index is 11.7. The van der Waals surface area contributed by atoms with Gasteiger partial charge in [0.25, 0.3) is 5.69 Å². The number of nitrogens with one attached hydrogen (secondary N) is 1. The van der Waals surface area contributed by atoms with Crippen molar-refractivity contribution < 1.29 is 13.3 Å². The molecule has 0 spiro atoms. The molecule has 7 nitrogen and oxygen atoms in total. The molecule has 0 unspecified atom stereocenters. The maximum absolute atomic E-state index is 11.7. The van der Waals surface area contributed by atoms with Gasteiger partial charge in [0.1, 0.15) is 5.69 Å². The van der Waals surface area contributed by atoms with Crippen molar-refractivity contribution in [3.63, 3.8) is 0 Å². The highest BCUT2D eigenvalue weighted by Crippen LogP contribution is 2.29. The molecular formula is C20H24ClN3O4S. The van der Waals surface area contributed by atoms with Gasteiger partial charge in [0.2, 0.25) is 0 Å². The first-order valence-electron chi connectivity index (χ1n) is 9.42. The zero-order chi connectivity index (χ0) is 21.0. The number of nitro groups is 1. The average Bonchev–Trinajstić information content (AvgIpc) is 2.68. The number of nitrogens with zero attached hydrogens (tertiary/aromatic N) is 2. The van der Waals surface area contributed by atoms with Gasteiger partial charge in [-0.15, -0.1) is 0 Å². The predicted octanol–water partition coefficient (Wildman–Crippen LogP) is 3.98. The summed E-state index contributed by atoms with van der Waals surface area (Å²) in [4.78, 5) is 13.1. The number of anilines is 1. The van der Waals surface area contributed by atoms with E-state index in [1.54, 1.807) is 0 Å². The number of hydrogen-bond acceptors (Lipinski definition) is 6. The Hall–Kier alpha value is -2.16. The number of halogens is 1. The highest BCUT2D eigenvalue weighted by atomic mass is 35.5. The van der Waals surface area contributed by atoms with Crippen LogP contribution in [0, 0.1) is 16.0 Å².